The number of nitrogens with one attached hydrogen (secondary N) is 1. The smallest absolute Gasteiger partial charge is 0.161 e. The van der Waals surface area contributed by atoms with Gasteiger partial charge in [-0.1, -0.05) is 115 Å². The fourth-order valence-electron chi connectivity index (χ4n) is 6.45. The van der Waals surface area contributed by atoms with Crippen LogP contribution in [0.2, 0.25) is 0 Å². The van der Waals surface area contributed by atoms with E-state index in [0.29, 0.717) is 5.82 Å². The van der Waals surface area contributed by atoms with E-state index in [1.165, 1.54) is 5.39 Å². The normalized spacial score (nSPS) is 11.6. The maximum Gasteiger partial charge on any atom is 0.161 e. The second-order valence-electron chi connectivity index (χ2n) is 11.1. The van der Waals surface area contributed by atoms with Crippen LogP contribution in [0, 0.1) is 0 Å². The molecule has 3 heterocycles. The van der Waals surface area contributed by atoms with E-state index in [1.54, 1.807) is 0 Å². The van der Waals surface area contributed by atoms with Crippen LogP contribution in [0.3, 0.4) is 0 Å². The van der Waals surface area contributed by atoms with Gasteiger partial charge in [-0.2, -0.15) is 0 Å². The third kappa shape index (κ3) is 3.85. The third-order valence-corrected chi connectivity index (χ3v) is 8.46. The number of fused-ring (bicyclic) bond motifs is 6. The molecule has 0 bridgehead atoms. The molecule has 0 atom stereocenters. The van der Waals surface area contributed by atoms with E-state index < -0.39 is 0 Å². The molecule has 1 N–H and O–H groups in total. The van der Waals surface area contributed by atoms with Crippen LogP contribution < -0.4 is 0 Å². The van der Waals surface area contributed by atoms with E-state index in [1.807, 2.05) is 54.6 Å². The van der Waals surface area contributed by atoms with Gasteiger partial charge in [0.05, 0.1) is 16.9 Å². The molecule has 0 amide bonds. The molecule has 3 aromatic heterocycles. The van der Waals surface area contributed by atoms with Crippen LogP contribution in [0.25, 0.3) is 88.8 Å². The second-order valence-corrected chi connectivity index (χ2v) is 11.1. The fraction of sp³-hybridized carbons (Fsp3) is 0. The molecule has 6 aromatic carbocycles. The van der Waals surface area contributed by atoms with Crippen LogP contribution in [-0.4, -0.2) is 15.0 Å². The number of aromatic amines is 1. The van der Waals surface area contributed by atoms with E-state index in [2.05, 4.69) is 96.0 Å². The number of aromatic nitrogens is 3. The summed E-state index contributed by atoms with van der Waals surface area (Å²) in [7, 11) is 0. The minimum Gasteiger partial charge on any atom is -0.456 e. The van der Waals surface area contributed by atoms with Gasteiger partial charge in [-0.3, -0.25) is 0 Å². The summed E-state index contributed by atoms with van der Waals surface area (Å²) in [6.45, 7) is 0. The quantitative estimate of drug-likeness (QED) is 0.232. The van der Waals surface area contributed by atoms with Crippen LogP contribution in [0.4, 0.5) is 0 Å². The van der Waals surface area contributed by atoms with E-state index >= 15 is 0 Å². The molecule has 0 unspecified atom stereocenters. The van der Waals surface area contributed by atoms with E-state index in [-0.39, 0.29) is 0 Å². The van der Waals surface area contributed by atoms with Crippen molar-refractivity contribution in [3.63, 3.8) is 0 Å². The Labute approximate surface area is 253 Å². The van der Waals surface area contributed by atoms with Crippen LogP contribution in [0.5, 0.6) is 0 Å². The molecular formula is C40H25N3O. The molecule has 0 saturated heterocycles. The van der Waals surface area contributed by atoms with Crippen molar-refractivity contribution in [3.8, 4) is 45.0 Å². The van der Waals surface area contributed by atoms with Gasteiger partial charge in [0.2, 0.25) is 0 Å². The summed E-state index contributed by atoms with van der Waals surface area (Å²) in [5.41, 5.74) is 10.8. The first-order valence-electron chi connectivity index (χ1n) is 14.8. The monoisotopic (exact) mass is 563 g/mol. The van der Waals surface area contributed by atoms with Crippen molar-refractivity contribution in [2.24, 2.45) is 0 Å². The van der Waals surface area contributed by atoms with Gasteiger partial charge in [0.15, 0.2) is 5.82 Å². The van der Waals surface area contributed by atoms with Crippen molar-refractivity contribution in [3.05, 3.63) is 146 Å². The molecule has 44 heavy (non-hydrogen) atoms. The third-order valence-electron chi connectivity index (χ3n) is 8.46. The first-order valence-corrected chi connectivity index (χ1v) is 14.8. The lowest BCUT2D eigenvalue weighted by Crippen LogP contribution is -1.98. The van der Waals surface area contributed by atoms with Crippen molar-refractivity contribution < 1.29 is 4.42 Å². The molecule has 9 aromatic rings. The first kappa shape index (κ1) is 24.6. The maximum absolute atomic E-state index is 6.34. The topological polar surface area (TPSA) is 54.7 Å². The first-order chi connectivity index (χ1) is 21.8. The van der Waals surface area contributed by atoms with Crippen molar-refractivity contribution in [1.82, 2.24) is 15.0 Å². The Morgan fingerprint density at radius 1 is 0.477 bits per heavy atom. The summed E-state index contributed by atoms with van der Waals surface area (Å²) in [6, 6.07) is 50.1. The van der Waals surface area contributed by atoms with Crippen molar-refractivity contribution in [1.29, 1.82) is 0 Å². The molecule has 0 radical (unpaired) electrons. The molecule has 206 valence electrons. The molecular weight excluding hydrogens is 538 g/mol. The molecule has 0 spiro atoms. The maximum atomic E-state index is 6.34. The van der Waals surface area contributed by atoms with Gasteiger partial charge in [0, 0.05) is 49.3 Å². The summed E-state index contributed by atoms with van der Waals surface area (Å²) >= 11 is 0. The number of H-pyrrole nitrogens is 1. The van der Waals surface area contributed by atoms with Gasteiger partial charge < -0.3 is 9.40 Å². The highest BCUT2D eigenvalue weighted by atomic mass is 16.3. The molecule has 9 rings (SSSR count). The van der Waals surface area contributed by atoms with Crippen LogP contribution in [0.1, 0.15) is 0 Å². The number of para-hydroxylation sites is 2. The molecule has 0 aliphatic heterocycles. The molecule has 4 nitrogen and oxygen atoms in total. The van der Waals surface area contributed by atoms with Gasteiger partial charge in [-0.25, -0.2) is 9.97 Å². The molecule has 0 aliphatic carbocycles. The van der Waals surface area contributed by atoms with Crippen molar-refractivity contribution in [2.45, 2.75) is 0 Å². The zero-order valence-corrected chi connectivity index (χ0v) is 23.7. The van der Waals surface area contributed by atoms with Gasteiger partial charge in [-0.15, -0.1) is 0 Å². The minimum absolute atomic E-state index is 0.672. The minimum atomic E-state index is 0.672. The highest BCUT2D eigenvalue weighted by molar-refractivity contribution is 6.20. The Morgan fingerprint density at radius 3 is 1.86 bits per heavy atom. The number of hydrogen-bond acceptors (Lipinski definition) is 3. The lowest BCUT2D eigenvalue weighted by Gasteiger charge is -2.15. The van der Waals surface area contributed by atoms with E-state index in [4.69, 9.17) is 14.4 Å². The Hall–Kier alpha value is -6.00. The highest BCUT2D eigenvalue weighted by Crippen LogP contribution is 2.45. The van der Waals surface area contributed by atoms with E-state index in [9.17, 15) is 0 Å². The summed E-state index contributed by atoms with van der Waals surface area (Å²) in [6.07, 6.45) is 0. The lowest BCUT2D eigenvalue weighted by molar-refractivity contribution is 0.669. The van der Waals surface area contributed by atoms with E-state index in [0.717, 1.165) is 77.6 Å². The Balaban J connectivity index is 1.41. The SMILES string of the molecule is c1ccc(-c2cc(-c3ccccc3)nc(-c3ccc4c([nH]c5ccccc54)c3-c3cccc4oc5ccccc5c34)n2)cc1. The number of benzene rings is 6. The largest absolute Gasteiger partial charge is 0.456 e. The van der Waals surface area contributed by atoms with Gasteiger partial charge in [0.25, 0.3) is 0 Å². The van der Waals surface area contributed by atoms with Crippen LogP contribution in [-0.2, 0) is 0 Å². The van der Waals surface area contributed by atoms with Gasteiger partial charge in [-0.05, 0) is 35.9 Å². The van der Waals surface area contributed by atoms with Gasteiger partial charge >= 0.3 is 0 Å². The van der Waals surface area contributed by atoms with Crippen LogP contribution >= 0.6 is 0 Å². The molecule has 0 fully saturated rings. The second kappa shape index (κ2) is 9.79. The predicted octanol–water partition coefficient (Wildman–Crippen LogP) is 10.7. The predicted molar refractivity (Wildman–Crippen MR) is 180 cm³/mol. The summed E-state index contributed by atoms with van der Waals surface area (Å²) in [4.78, 5) is 14.2. The number of furan rings is 1. The van der Waals surface area contributed by atoms with Crippen LogP contribution in [0.15, 0.2) is 150 Å². The number of nitrogens with zero attached hydrogens (tertiary/aromatic N) is 2. The number of rotatable bonds is 4. The Kier molecular flexibility index (Phi) is 5.47. The zero-order valence-electron chi connectivity index (χ0n) is 23.7. The Bertz CT molecular complexity index is 2430. The standard InChI is InChI=1S/C40H25N3O/c1-3-12-25(13-4-1)33-24-34(26-14-5-2-6-15-26)43-40(42-33)31-23-22-28-27-16-7-9-19-32(27)41-39(28)38(31)30-18-11-21-36-37(30)29-17-8-10-20-35(29)44-36/h1-24,41H. The summed E-state index contributed by atoms with van der Waals surface area (Å²) < 4.78 is 6.34. The average molecular weight is 564 g/mol. The summed E-state index contributed by atoms with van der Waals surface area (Å²) in [5, 5.41) is 4.51. The Morgan fingerprint density at radius 2 is 1.11 bits per heavy atom. The average Bonchev–Trinajstić information content (AvgIpc) is 3.67. The van der Waals surface area contributed by atoms with Gasteiger partial charge in [0.1, 0.15) is 11.2 Å². The van der Waals surface area contributed by atoms with Crippen molar-refractivity contribution in [2.75, 3.05) is 0 Å². The molecule has 0 saturated carbocycles. The van der Waals surface area contributed by atoms with Crippen molar-refractivity contribution >= 4 is 43.7 Å². The fourth-order valence-corrected chi connectivity index (χ4v) is 6.45. The lowest BCUT2D eigenvalue weighted by atomic mass is 9.92. The molecule has 4 heteroatoms. The highest BCUT2D eigenvalue weighted by Gasteiger charge is 2.22. The zero-order chi connectivity index (χ0) is 29.0. The molecule has 0 aliphatic rings. The summed E-state index contributed by atoms with van der Waals surface area (Å²) in [5.74, 6) is 0.672. The number of hydrogen-bond donors (Lipinski definition) is 1.